The summed E-state index contributed by atoms with van der Waals surface area (Å²) in [6, 6.07) is 1.72. The van der Waals surface area contributed by atoms with Gasteiger partial charge in [-0.1, -0.05) is 0 Å². The smallest absolute Gasteiger partial charge is 0.0594 e. The van der Waals surface area contributed by atoms with Gasteiger partial charge in [-0.05, 0) is 18.3 Å². The molecule has 0 amide bonds. The van der Waals surface area contributed by atoms with Gasteiger partial charge in [0.1, 0.15) is 0 Å². The van der Waals surface area contributed by atoms with Crippen LogP contribution in [-0.4, -0.2) is 53.7 Å². The van der Waals surface area contributed by atoms with E-state index in [9.17, 15) is 0 Å². The number of ether oxygens (including phenoxy) is 1. The Morgan fingerprint density at radius 3 is 2.00 bits per heavy atom. The minimum absolute atomic E-state index is 0.913. The van der Waals surface area contributed by atoms with E-state index in [1.54, 1.807) is 18.5 Å². The fraction of sp³-hybridized carbons (Fsp3) is 0.625. The first-order valence-corrected chi connectivity index (χ1v) is 4.24. The molecule has 1 saturated heterocycles. The number of likely N-dealkylation sites (N-methyl/N-ethyl adjacent to an activating group) is 1. The lowest BCUT2D eigenvalue weighted by molar-refractivity contribution is 0.0503. The predicted octanol–water partition coefficient (Wildman–Crippen LogP) is -0.180. The number of hydrogen-bond acceptors (Lipinski definition) is 5. The summed E-state index contributed by atoms with van der Waals surface area (Å²) in [6.07, 6.45) is 3.15. The molecule has 72 valence electrons. The lowest BCUT2D eigenvalue weighted by Crippen LogP contribution is -2.32. The second kappa shape index (κ2) is 6.45. The van der Waals surface area contributed by atoms with Gasteiger partial charge in [0.05, 0.1) is 25.6 Å². The van der Waals surface area contributed by atoms with E-state index < -0.39 is 0 Å². The normalized spacial score (nSPS) is 17.3. The number of morpholine rings is 1. The van der Waals surface area contributed by atoms with Crippen molar-refractivity contribution in [3.63, 3.8) is 0 Å². The van der Waals surface area contributed by atoms with Gasteiger partial charge in [0.15, 0.2) is 0 Å². The van der Waals surface area contributed by atoms with E-state index in [0.717, 1.165) is 26.3 Å². The number of nitrogens with zero attached hydrogens (tertiary/aromatic N) is 4. The largest absolute Gasteiger partial charge is 0.379 e. The summed E-state index contributed by atoms with van der Waals surface area (Å²) in [4.78, 5) is 2.27. The van der Waals surface area contributed by atoms with Crippen molar-refractivity contribution in [3.8, 4) is 0 Å². The molecule has 1 aromatic rings. The van der Waals surface area contributed by atoms with Gasteiger partial charge in [0, 0.05) is 13.1 Å². The Bertz CT molecular complexity index is 174. The molecular weight excluding hydrogens is 168 g/mol. The maximum Gasteiger partial charge on any atom is 0.0594 e. The average molecular weight is 182 g/mol. The molecule has 0 spiro atoms. The molecule has 5 nitrogen and oxygen atoms in total. The quantitative estimate of drug-likeness (QED) is 0.557. The van der Waals surface area contributed by atoms with Crippen LogP contribution in [-0.2, 0) is 4.74 Å². The van der Waals surface area contributed by atoms with Crippen molar-refractivity contribution in [3.05, 3.63) is 18.5 Å². The van der Waals surface area contributed by atoms with Gasteiger partial charge in [-0.15, -0.1) is 10.2 Å². The molecule has 0 atom stereocenters. The molecule has 5 heteroatoms. The van der Waals surface area contributed by atoms with Crippen LogP contribution in [0, 0.1) is 0 Å². The zero-order chi connectivity index (χ0) is 9.36. The molecular formula is C8H14N4O. The Kier molecular flexibility index (Phi) is 4.97. The van der Waals surface area contributed by atoms with Crippen LogP contribution in [0.15, 0.2) is 18.5 Å². The maximum atomic E-state index is 5.10. The van der Waals surface area contributed by atoms with Crippen LogP contribution < -0.4 is 0 Å². The highest BCUT2D eigenvalue weighted by atomic mass is 16.5. The fourth-order valence-electron chi connectivity index (χ4n) is 0.860. The lowest BCUT2D eigenvalue weighted by Gasteiger charge is -2.21. The predicted molar refractivity (Wildman–Crippen MR) is 48.1 cm³/mol. The maximum absolute atomic E-state index is 5.10. The Labute approximate surface area is 77.7 Å². The van der Waals surface area contributed by atoms with E-state index in [0.29, 0.717) is 0 Å². The number of rotatable bonds is 0. The van der Waals surface area contributed by atoms with E-state index in [-0.39, 0.29) is 0 Å². The molecule has 0 unspecified atom stereocenters. The zero-order valence-electron chi connectivity index (χ0n) is 7.76. The van der Waals surface area contributed by atoms with Crippen LogP contribution in [0.4, 0.5) is 0 Å². The van der Waals surface area contributed by atoms with Gasteiger partial charge >= 0.3 is 0 Å². The van der Waals surface area contributed by atoms with Crippen LogP contribution in [0.1, 0.15) is 0 Å². The fourth-order valence-corrected chi connectivity index (χ4v) is 0.860. The minimum atomic E-state index is 0.913. The standard InChI is InChI=1S/C5H11NO.C3H3N3/c1-6-2-4-7-5-3-6;1-2-4-6-5-3-1/h2-5H2,1H3;1-3H. The van der Waals surface area contributed by atoms with E-state index in [4.69, 9.17) is 4.74 Å². The van der Waals surface area contributed by atoms with Crippen molar-refractivity contribution in [2.24, 2.45) is 0 Å². The second-order valence-electron chi connectivity index (χ2n) is 2.73. The highest BCUT2D eigenvalue weighted by molar-refractivity contribution is 4.69. The van der Waals surface area contributed by atoms with Crippen molar-refractivity contribution in [2.45, 2.75) is 0 Å². The van der Waals surface area contributed by atoms with Crippen molar-refractivity contribution in [2.75, 3.05) is 33.4 Å². The van der Waals surface area contributed by atoms with Crippen LogP contribution >= 0.6 is 0 Å². The van der Waals surface area contributed by atoms with Gasteiger partial charge in [-0.2, -0.15) is 0 Å². The van der Waals surface area contributed by atoms with E-state index >= 15 is 0 Å². The molecule has 0 bridgehead atoms. The molecule has 2 heterocycles. The third kappa shape index (κ3) is 5.21. The molecule has 2 rings (SSSR count). The molecule has 1 aliphatic heterocycles. The summed E-state index contributed by atoms with van der Waals surface area (Å²) in [6.45, 7) is 4.02. The first kappa shape index (κ1) is 10.0. The number of hydrogen-bond donors (Lipinski definition) is 0. The van der Waals surface area contributed by atoms with Crippen LogP contribution in [0.25, 0.3) is 0 Å². The molecule has 1 aromatic heterocycles. The van der Waals surface area contributed by atoms with E-state index in [2.05, 4.69) is 27.4 Å². The van der Waals surface area contributed by atoms with Crippen LogP contribution in [0.5, 0.6) is 0 Å². The third-order valence-electron chi connectivity index (χ3n) is 1.64. The molecule has 0 aliphatic carbocycles. The molecule has 1 fully saturated rings. The van der Waals surface area contributed by atoms with Gasteiger partial charge in [-0.3, -0.25) is 0 Å². The van der Waals surface area contributed by atoms with Gasteiger partial charge in [0.2, 0.25) is 0 Å². The SMILES string of the molecule is CN1CCOCC1.c1cnnnc1. The van der Waals surface area contributed by atoms with E-state index in [1.165, 1.54) is 0 Å². The monoisotopic (exact) mass is 182 g/mol. The highest BCUT2D eigenvalue weighted by Crippen LogP contribution is 1.89. The van der Waals surface area contributed by atoms with Gasteiger partial charge in [-0.25, -0.2) is 0 Å². The van der Waals surface area contributed by atoms with Crippen LogP contribution in [0.2, 0.25) is 0 Å². The first-order chi connectivity index (χ1) is 6.39. The van der Waals surface area contributed by atoms with Gasteiger partial charge in [0.25, 0.3) is 0 Å². The molecule has 13 heavy (non-hydrogen) atoms. The van der Waals surface area contributed by atoms with Crippen LogP contribution in [0.3, 0.4) is 0 Å². The summed E-state index contributed by atoms with van der Waals surface area (Å²) >= 11 is 0. The van der Waals surface area contributed by atoms with Crippen molar-refractivity contribution >= 4 is 0 Å². The third-order valence-corrected chi connectivity index (χ3v) is 1.64. The first-order valence-electron chi connectivity index (χ1n) is 4.24. The molecule has 0 radical (unpaired) electrons. The topological polar surface area (TPSA) is 51.1 Å². The van der Waals surface area contributed by atoms with E-state index in [1.807, 2.05) is 0 Å². The molecule has 0 saturated carbocycles. The Morgan fingerprint density at radius 1 is 1.15 bits per heavy atom. The van der Waals surface area contributed by atoms with Crippen molar-refractivity contribution in [1.29, 1.82) is 0 Å². The van der Waals surface area contributed by atoms with Gasteiger partial charge < -0.3 is 9.64 Å². The average Bonchev–Trinajstić information content (AvgIpc) is 2.22. The summed E-state index contributed by atoms with van der Waals surface area (Å²) in [5, 5.41) is 10.1. The second-order valence-corrected chi connectivity index (χ2v) is 2.73. The highest BCUT2D eigenvalue weighted by Gasteiger charge is 2.02. The summed E-state index contributed by atoms with van der Waals surface area (Å²) in [5.41, 5.74) is 0. The zero-order valence-corrected chi connectivity index (χ0v) is 7.76. The number of aromatic nitrogens is 3. The lowest BCUT2D eigenvalue weighted by atomic mass is 10.5. The summed E-state index contributed by atoms with van der Waals surface area (Å²) < 4.78 is 5.10. The summed E-state index contributed by atoms with van der Waals surface area (Å²) in [5.74, 6) is 0. The van der Waals surface area contributed by atoms with Crippen molar-refractivity contribution < 1.29 is 4.74 Å². The summed E-state index contributed by atoms with van der Waals surface area (Å²) in [7, 11) is 2.11. The Hall–Kier alpha value is -1.07. The minimum Gasteiger partial charge on any atom is -0.379 e. The molecule has 0 aromatic carbocycles. The Morgan fingerprint density at radius 2 is 1.77 bits per heavy atom. The Balaban J connectivity index is 0.000000132. The molecule has 1 aliphatic rings. The molecule has 0 N–H and O–H groups in total. The van der Waals surface area contributed by atoms with Crippen molar-refractivity contribution in [1.82, 2.24) is 20.3 Å².